The van der Waals surface area contributed by atoms with Crippen LogP contribution in [0.1, 0.15) is 6.92 Å². The molecule has 0 aliphatic carbocycles. The van der Waals surface area contributed by atoms with Crippen molar-refractivity contribution in [3.63, 3.8) is 0 Å². The van der Waals surface area contributed by atoms with E-state index in [1.165, 1.54) is 50.0 Å². The highest BCUT2D eigenvalue weighted by Gasteiger charge is 2.02. The van der Waals surface area contributed by atoms with Gasteiger partial charge in [0.05, 0.1) is 0 Å². The van der Waals surface area contributed by atoms with Crippen molar-refractivity contribution < 1.29 is 4.79 Å². The number of primary amides is 1. The van der Waals surface area contributed by atoms with Crippen LogP contribution in [0.5, 0.6) is 0 Å². The molecule has 5 aromatic carbocycles. The van der Waals surface area contributed by atoms with Crippen LogP contribution < -0.4 is 5.73 Å². The summed E-state index contributed by atoms with van der Waals surface area (Å²) in [6.07, 6.45) is 0. The zero-order chi connectivity index (χ0) is 18.1. The summed E-state index contributed by atoms with van der Waals surface area (Å²) in [5, 5.41) is 10.4. The highest BCUT2D eigenvalue weighted by atomic mass is 16.1. The molecule has 0 aliphatic rings. The first-order chi connectivity index (χ1) is 12.6. The second-order valence-electron chi connectivity index (χ2n) is 6.56. The molecule has 2 heteroatoms. The van der Waals surface area contributed by atoms with Gasteiger partial charge >= 0.3 is 0 Å². The average molecular weight is 337 g/mol. The minimum absolute atomic E-state index is 0.333. The summed E-state index contributed by atoms with van der Waals surface area (Å²) in [5.74, 6) is -0.333. The lowest BCUT2D eigenvalue weighted by Crippen LogP contribution is -2.01. The third kappa shape index (κ3) is 3.09. The van der Waals surface area contributed by atoms with Gasteiger partial charge in [0.25, 0.3) is 0 Å². The molecule has 0 saturated carbocycles. The minimum Gasteiger partial charge on any atom is -0.370 e. The van der Waals surface area contributed by atoms with E-state index in [0.29, 0.717) is 0 Å². The summed E-state index contributed by atoms with van der Waals surface area (Å²) in [7, 11) is 0. The first kappa shape index (κ1) is 16.1. The van der Waals surface area contributed by atoms with Crippen LogP contribution in [0.25, 0.3) is 43.1 Å². The number of amides is 1. The van der Waals surface area contributed by atoms with Gasteiger partial charge in [0, 0.05) is 6.92 Å². The molecule has 0 unspecified atom stereocenters. The molecule has 5 aromatic rings. The molecule has 0 radical (unpaired) electrons. The van der Waals surface area contributed by atoms with E-state index in [0.717, 1.165) is 0 Å². The smallest absolute Gasteiger partial charge is 0.214 e. The topological polar surface area (TPSA) is 43.1 Å². The van der Waals surface area contributed by atoms with Gasteiger partial charge in [-0.15, -0.1) is 0 Å². The van der Waals surface area contributed by atoms with E-state index in [9.17, 15) is 4.79 Å². The molecule has 0 fully saturated rings. The molecule has 0 atom stereocenters. The summed E-state index contributed by atoms with van der Waals surface area (Å²) in [5.41, 5.74) is 4.47. The normalized spacial score (nSPS) is 10.8. The predicted octanol–water partition coefficient (Wildman–Crippen LogP) is 5.79. The van der Waals surface area contributed by atoms with Crippen LogP contribution in [0.2, 0.25) is 0 Å². The standard InChI is InChI=1S/C22H14.C2H5NO/c1-2-6-16-10-20-14-22-12-18-8-4-3-7-17(18)11-21(22)13-19(20)9-15(16)5-1;1-2(3)4/h1-14H;1H3,(H2,3,4). The molecule has 0 aromatic heterocycles. The number of hydrogen-bond donors (Lipinski definition) is 1. The average Bonchev–Trinajstić information content (AvgIpc) is 2.62. The lowest BCUT2D eigenvalue weighted by molar-refractivity contribution is -0.115. The van der Waals surface area contributed by atoms with Crippen LogP contribution in [0, 0.1) is 0 Å². The Morgan fingerprint density at radius 3 is 0.962 bits per heavy atom. The summed E-state index contributed by atoms with van der Waals surface area (Å²) < 4.78 is 0. The summed E-state index contributed by atoms with van der Waals surface area (Å²) in [6, 6.07) is 30.9. The highest BCUT2D eigenvalue weighted by Crippen LogP contribution is 2.29. The Bertz CT molecular complexity index is 1080. The molecule has 2 N–H and O–H groups in total. The highest BCUT2D eigenvalue weighted by molar-refractivity contribution is 6.08. The number of hydrogen-bond acceptors (Lipinski definition) is 1. The second kappa shape index (κ2) is 6.49. The van der Waals surface area contributed by atoms with Crippen LogP contribution in [0.3, 0.4) is 0 Å². The van der Waals surface area contributed by atoms with Crippen molar-refractivity contribution in [1.82, 2.24) is 0 Å². The first-order valence-electron chi connectivity index (χ1n) is 8.61. The van der Waals surface area contributed by atoms with E-state index in [4.69, 9.17) is 0 Å². The Morgan fingerprint density at radius 1 is 0.538 bits per heavy atom. The third-order valence-electron chi connectivity index (χ3n) is 4.52. The van der Waals surface area contributed by atoms with E-state index in [2.05, 4.69) is 90.7 Å². The van der Waals surface area contributed by atoms with E-state index in [1.807, 2.05) is 0 Å². The van der Waals surface area contributed by atoms with Crippen LogP contribution >= 0.6 is 0 Å². The van der Waals surface area contributed by atoms with Crippen molar-refractivity contribution >= 4 is 49.0 Å². The summed E-state index contributed by atoms with van der Waals surface area (Å²) in [6.45, 7) is 1.31. The molecule has 5 rings (SSSR count). The largest absolute Gasteiger partial charge is 0.370 e. The van der Waals surface area contributed by atoms with Gasteiger partial charge in [-0.25, -0.2) is 0 Å². The molecule has 26 heavy (non-hydrogen) atoms. The quantitative estimate of drug-likeness (QED) is 0.357. The molecule has 0 bridgehead atoms. The Labute approximate surface area is 151 Å². The van der Waals surface area contributed by atoms with Gasteiger partial charge in [-0.05, 0) is 79.5 Å². The van der Waals surface area contributed by atoms with Gasteiger partial charge in [0.15, 0.2) is 0 Å². The number of nitrogens with two attached hydrogens (primary N) is 1. The molecule has 0 spiro atoms. The second-order valence-corrected chi connectivity index (χ2v) is 6.56. The lowest BCUT2D eigenvalue weighted by Gasteiger charge is -2.07. The van der Waals surface area contributed by atoms with Gasteiger partial charge in [-0.2, -0.15) is 0 Å². The van der Waals surface area contributed by atoms with Crippen molar-refractivity contribution in [2.24, 2.45) is 5.73 Å². The fraction of sp³-hybridized carbons (Fsp3) is 0.0417. The molecule has 126 valence electrons. The molecule has 0 heterocycles. The molecule has 1 amide bonds. The van der Waals surface area contributed by atoms with Crippen molar-refractivity contribution in [1.29, 1.82) is 0 Å². The lowest BCUT2D eigenvalue weighted by atomic mass is 9.97. The number of rotatable bonds is 0. The van der Waals surface area contributed by atoms with Crippen molar-refractivity contribution in [3.8, 4) is 0 Å². The zero-order valence-electron chi connectivity index (χ0n) is 14.6. The maximum Gasteiger partial charge on any atom is 0.214 e. The fourth-order valence-electron chi connectivity index (χ4n) is 3.39. The number of carbonyl (C=O) groups is 1. The van der Waals surface area contributed by atoms with E-state index in [-0.39, 0.29) is 5.91 Å². The first-order valence-corrected chi connectivity index (χ1v) is 8.61. The Kier molecular flexibility index (Phi) is 4.02. The maximum atomic E-state index is 9.22. The molecule has 2 nitrogen and oxygen atoms in total. The number of fused-ring (bicyclic) bond motifs is 4. The molecular weight excluding hydrogens is 318 g/mol. The summed E-state index contributed by atoms with van der Waals surface area (Å²) in [4.78, 5) is 9.22. The van der Waals surface area contributed by atoms with Crippen molar-refractivity contribution in [2.45, 2.75) is 6.92 Å². The van der Waals surface area contributed by atoms with Gasteiger partial charge in [0.2, 0.25) is 5.91 Å². The SMILES string of the molecule is CC(N)=O.c1ccc2cc3cc4cc5ccccc5cc4cc3cc2c1. The number of benzene rings is 5. The van der Waals surface area contributed by atoms with Gasteiger partial charge in [0.1, 0.15) is 0 Å². The van der Waals surface area contributed by atoms with Crippen molar-refractivity contribution in [3.05, 3.63) is 84.9 Å². The summed E-state index contributed by atoms with van der Waals surface area (Å²) >= 11 is 0. The Balaban J connectivity index is 0.000000385. The van der Waals surface area contributed by atoms with Crippen LogP contribution in [-0.4, -0.2) is 5.91 Å². The van der Waals surface area contributed by atoms with Crippen LogP contribution in [0.4, 0.5) is 0 Å². The van der Waals surface area contributed by atoms with E-state index < -0.39 is 0 Å². The van der Waals surface area contributed by atoms with Crippen LogP contribution in [0.15, 0.2) is 84.9 Å². The Hall–Kier alpha value is -3.39. The van der Waals surface area contributed by atoms with E-state index in [1.54, 1.807) is 0 Å². The van der Waals surface area contributed by atoms with Crippen molar-refractivity contribution in [2.75, 3.05) is 0 Å². The monoisotopic (exact) mass is 337 g/mol. The Morgan fingerprint density at radius 2 is 0.731 bits per heavy atom. The zero-order valence-corrected chi connectivity index (χ0v) is 14.6. The van der Waals surface area contributed by atoms with Gasteiger partial charge < -0.3 is 5.73 Å². The maximum absolute atomic E-state index is 9.22. The number of carbonyl (C=O) groups excluding carboxylic acids is 1. The fourth-order valence-corrected chi connectivity index (χ4v) is 3.39. The molecule has 0 aliphatic heterocycles. The van der Waals surface area contributed by atoms with Crippen LogP contribution in [-0.2, 0) is 4.79 Å². The minimum atomic E-state index is -0.333. The van der Waals surface area contributed by atoms with E-state index >= 15 is 0 Å². The van der Waals surface area contributed by atoms with Gasteiger partial charge in [-0.3, -0.25) is 4.79 Å². The molecular formula is C24H19NO. The molecule has 0 saturated heterocycles. The van der Waals surface area contributed by atoms with Gasteiger partial charge in [-0.1, -0.05) is 48.5 Å². The third-order valence-corrected chi connectivity index (χ3v) is 4.52. The predicted molar refractivity (Wildman–Crippen MR) is 111 cm³/mol.